The van der Waals surface area contributed by atoms with Gasteiger partial charge in [0.2, 0.25) is 5.91 Å². The Kier molecular flexibility index (Phi) is 30.7. The Morgan fingerprint density at radius 3 is 1.32 bits per heavy atom. The molecule has 470 valence electrons. The van der Waals surface area contributed by atoms with Crippen LogP contribution in [0.1, 0.15) is 67.4 Å². The Bertz CT molecular complexity index is 4180. The second-order valence-corrected chi connectivity index (χ2v) is 23.5. The molecule has 0 radical (unpaired) electrons. The van der Waals surface area contributed by atoms with E-state index in [-0.39, 0.29) is 167 Å². The van der Waals surface area contributed by atoms with Gasteiger partial charge in [-0.3, -0.25) is 44.2 Å². The molecule has 2 atom stereocenters. The number of hydrogen-bond acceptors (Lipinski definition) is 24. The Labute approximate surface area is 602 Å². The van der Waals surface area contributed by atoms with Gasteiger partial charge in [-0.2, -0.15) is 0 Å². The Hall–Kier alpha value is -6.53. The van der Waals surface area contributed by atoms with E-state index in [9.17, 15) is 55.6 Å². The Morgan fingerprint density at radius 1 is 0.527 bits per heavy atom. The van der Waals surface area contributed by atoms with Crippen molar-refractivity contribution in [3.8, 4) is 17.2 Å². The zero-order chi connectivity index (χ0) is 64.4. The second kappa shape index (κ2) is 37.0. The van der Waals surface area contributed by atoms with Gasteiger partial charge in [-0.25, -0.2) is 16.8 Å². The molecule has 0 bridgehead atoms. The van der Waals surface area contributed by atoms with Gasteiger partial charge in [0.25, 0.3) is 11.8 Å². The largest absolute Gasteiger partial charge is 1.00 e. The SMILES string of the molecule is O=C(NCCN(CCNC(=O)c1cc(O)c2ncccc2c1S(=O)(=O)[O-])CCNC(=O)c1c[c-]c2cccnc2c1O)c1cc(O)c2ncccc2c1S(=O)(=O)[O-].O=S(=O)=O.[Na+].[Na+].[Na+].c1ccc(CNC2CC(Cc3ccccn3)CC(NCc3ccccn3)C2)nc1. The van der Waals surface area contributed by atoms with Crippen molar-refractivity contribution < 1.29 is 157 Å². The van der Waals surface area contributed by atoms with E-state index < -0.39 is 81.0 Å². The molecule has 9 aromatic rings. The number of rotatable bonds is 22. The van der Waals surface area contributed by atoms with Gasteiger partial charge >= 0.3 is 99.3 Å². The van der Waals surface area contributed by atoms with E-state index in [1.165, 1.54) is 67.5 Å². The zero-order valence-corrected chi connectivity index (χ0v) is 59.1. The molecule has 3 aromatic carbocycles. The van der Waals surface area contributed by atoms with Crippen LogP contribution >= 0.6 is 0 Å². The summed E-state index contributed by atoms with van der Waals surface area (Å²) in [7, 11) is -13.6. The summed E-state index contributed by atoms with van der Waals surface area (Å²) in [6, 6.07) is 33.5. The summed E-state index contributed by atoms with van der Waals surface area (Å²) in [5, 5.41) is 46.6. The fourth-order valence-electron chi connectivity index (χ4n) is 10.4. The number of carbonyl (C=O) groups is 3. The number of hydrogen-bond donors (Lipinski definition) is 8. The third kappa shape index (κ3) is 22.3. The molecule has 33 heteroatoms. The molecule has 1 saturated carbocycles. The van der Waals surface area contributed by atoms with Crippen molar-refractivity contribution in [3.63, 3.8) is 0 Å². The number of aromatic nitrogens is 6. The van der Waals surface area contributed by atoms with E-state index in [2.05, 4.69) is 86.8 Å². The predicted molar refractivity (Wildman–Crippen MR) is 323 cm³/mol. The van der Waals surface area contributed by atoms with Gasteiger partial charge in [0.1, 0.15) is 42.8 Å². The topological polar surface area (TPSA) is 418 Å². The molecule has 8 N–H and O–H groups in total. The summed E-state index contributed by atoms with van der Waals surface area (Å²) in [5.74, 6) is -3.58. The average Bonchev–Trinajstić information content (AvgIpc) is 0.776. The maximum absolute atomic E-state index is 13.3. The Balaban J connectivity index is 0.000000365. The van der Waals surface area contributed by atoms with Crippen LogP contribution in [0, 0.1) is 12.0 Å². The van der Waals surface area contributed by atoms with Crippen LogP contribution in [0.2, 0.25) is 0 Å². The summed E-state index contributed by atoms with van der Waals surface area (Å²) < 4.78 is 98.8. The minimum Gasteiger partial charge on any atom is -0.744 e. The van der Waals surface area contributed by atoms with Gasteiger partial charge in [0.05, 0.1) is 38.1 Å². The molecule has 3 amide bonds. The molecule has 6 heterocycles. The second-order valence-electron chi connectivity index (χ2n) is 20.4. The molecule has 1 aliphatic rings. The van der Waals surface area contributed by atoms with E-state index in [0.717, 1.165) is 49.5 Å². The van der Waals surface area contributed by atoms with Crippen LogP contribution in [-0.2, 0) is 50.4 Å². The molecule has 6 aromatic heterocycles. The summed E-state index contributed by atoms with van der Waals surface area (Å²) in [6.45, 7) is 1.14. The van der Waals surface area contributed by atoms with Crippen LogP contribution in [0.25, 0.3) is 32.7 Å². The first-order chi connectivity index (χ1) is 43.1. The van der Waals surface area contributed by atoms with Crippen molar-refractivity contribution in [1.29, 1.82) is 0 Å². The van der Waals surface area contributed by atoms with Crippen molar-refractivity contribution >= 4 is 81.3 Å². The number of nitrogens with one attached hydrogen (secondary N) is 5. The standard InChI is InChI=1S/C36H32N7O12S2.C24H29N5.3Na.O3S/c44-26-18-24(32(56(50,51)52)21-5-2-10-38-29(21)26)35(48)41-13-16-43(15-12-40-34(47)23-8-7-20-4-1-9-37-28(20)31(23)46)17-14-42-36(49)25-19-27(45)30-22(6-3-11-39-30)33(25)57(53,54)55;1-4-10-25-20(7-1)13-19-14-23(28-17-21-8-2-5-11-26-21)16-24(15-19)29-18-22-9-3-6-12-27-22;;;;1-4(2)3/h1-6,8-11,18-19,44-46H,12-17H2,(H,40,47)(H,41,48)(H,42,49)(H,50,51,52)(H,53,54,55);1-12,19,23-24,28-29H,13-18H2;;;;/q-1;;3*+1;/p-2. The van der Waals surface area contributed by atoms with Gasteiger partial charge in [-0.1, -0.05) is 24.3 Å². The van der Waals surface area contributed by atoms with Crippen molar-refractivity contribution in [1.82, 2.24) is 61.4 Å². The summed E-state index contributed by atoms with van der Waals surface area (Å²) in [5.41, 5.74) is 1.75. The smallest absolute Gasteiger partial charge is 0.744 e. The van der Waals surface area contributed by atoms with Crippen LogP contribution < -0.4 is 115 Å². The number of nitrogens with zero attached hydrogens (tertiary/aromatic N) is 7. The van der Waals surface area contributed by atoms with Crippen LogP contribution in [0.4, 0.5) is 0 Å². The fourth-order valence-corrected chi connectivity index (χ4v) is 12.1. The molecular formula is C60H59N12Na3O15S3. The molecule has 2 unspecified atom stereocenters. The molecule has 0 spiro atoms. The quantitative estimate of drug-likeness (QED) is 0.0178. The van der Waals surface area contributed by atoms with Crippen LogP contribution in [-0.4, -0.2) is 158 Å². The van der Waals surface area contributed by atoms with Gasteiger partial charge in [-0.15, -0.1) is 36.2 Å². The minimum absolute atomic E-state index is 0. The number of phenols is 3. The first kappa shape index (κ1) is 77.2. The Morgan fingerprint density at radius 2 is 0.914 bits per heavy atom. The monoisotopic (exact) mass is 1350 g/mol. The minimum atomic E-state index is -5.25. The van der Waals surface area contributed by atoms with Crippen molar-refractivity contribution in [2.75, 3.05) is 39.3 Å². The van der Waals surface area contributed by atoms with Crippen LogP contribution in [0.3, 0.4) is 0 Å². The van der Waals surface area contributed by atoms with Gasteiger partial charge in [0.15, 0.2) is 0 Å². The number of benzene rings is 3. The maximum Gasteiger partial charge on any atom is 1.00 e. The zero-order valence-electron chi connectivity index (χ0n) is 50.7. The third-order valence-corrected chi connectivity index (χ3v) is 16.2. The molecule has 0 aliphatic heterocycles. The molecule has 27 nitrogen and oxygen atoms in total. The average molecular weight is 1350 g/mol. The van der Waals surface area contributed by atoms with Gasteiger partial charge < -0.3 is 56.0 Å². The molecule has 0 saturated heterocycles. The first-order valence-electron chi connectivity index (χ1n) is 27.8. The molecule has 1 fully saturated rings. The summed E-state index contributed by atoms with van der Waals surface area (Å²) in [4.78, 5) is 64.7. The van der Waals surface area contributed by atoms with E-state index >= 15 is 0 Å². The van der Waals surface area contributed by atoms with E-state index in [1.807, 2.05) is 48.9 Å². The normalized spacial score (nSPS) is 14.3. The van der Waals surface area contributed by atoms with E-state index in [4.69, 9.17) is 12.6 Å². The molecule has 1 aliphatic carbocycles. The molecule has 10 rings (SSSR count). The van der Waals surface area contributed by atoms with Crippen LogP contribution in [0.15, 0.2) is 156 Å². The fraction of sp³-hybridized carbons (Fsp3) is 0.250. The van der Waals surface area contributed by atoms with E-state index in [0.29, 0.717) is 23.4 Å². The van der Waals surface area contributed by atoms with Crippen LogP contribution in [0.5, 0.6) is 17.2 Å². The molecular weight excluding hydrogens is 1290 g/mol. The van der Waals surface area contributed by atoms with Crippen molar-refractivity contribution in [3.05, 3.63) is 186 Å². The number of fused-ring (bicyclic) bond motifs is 3. The van der Waals surface area contributed by atoms with Gasteiger partial charge in [0, 0.05) is 129 Å². The van der Waals surface area contributed by atoms with Crippen molar-refractivity contribution in [2.45, 2.75) is 60.6 Å². The number of phenolic OH excluding ortho intramolecular Hbond substituents is 3. The number of aromatic hydroxyl groups is 3. The van der Waals surface area contributed by atoms with Crippen molar-refractivity contribution in [2.24, 2.45) is 5.92 Å². The van der Waals surface area contributed by atoms with Gasteiger partial charge in [-0.05, 0) is 104 Å². The molecule has 93 heavy (non-hydrogen) atoms. The summed E-state index contributed by atoms with van der Waals surface area (Å²) in [6.07, 6.45) is 14.1. The summed E-state index contributed by atoms with van der Waals surface area (Å²) >= 11 is 0. The predicted octanol–water partition coefficient (Wildman–Crippen LogP) is -5.51. The first-order valence-corrected chi connectivity index (χ1v) is 31.6. The number of amides is 3. The van der Waals surface area contributed by atoms with E-state index in [1.54, 1.807) is 17.0 Å². The number of pyridine rings is 6. The number of carbonyl (C=O) groups excluding carboxylic acids is 3. The third-order valence-electron chi connectivity index (χ3n) is 14.3. The maximum atomic E-state index is 13.3.